The molecule has 0 atom stereocenters. The molecule has 2 N–H and O–H groups in total. The SMILES string of the molecule is O=c1[nH]c2ccccc2n1-c1ncnc(Nc2cccc(Cl)c2)n1. The van der Waals surface area contributed by atoms with Gasteiger partial charge in [-0.1, -0.05) is 29.8 Å². The smallest absolute Gasteiger partial charge is 0.324 e. The number of H-pyrrole nitrogens is 1. The predicted molar refractivity (Wildman–Crippen MR) is 92.0 cm³/mol. The van der Waals surface area contributed by atoms with Crippen LogP contribution in [0.25, 0.3) is 17.0 Å². The van der Waals surface area contributed by atoms with E-state index in [9.17, 15) is 4.79 Å². The van der Waals surface area contributed by atoms with Crippen LogP contribution in [0.1, 0.15) is 0 Å². The third-order valence-corrected chi connectivity index (χ3v) is 3.66. The molecular weight excluding hydrogens is 328 g/mol. The van der Waals surface area contributed by atoms with Crippen molar-refractivity contribution < 1.29 is 0 Å². The van der Waals surface area contributed by atoms with Crippen LogP contribution in [0, 0.1) is 0 Å². The van der Waals surface area contributed by atoms with E-state index in [1.807, 2.05) is 36.4 Å². The summed E-state index contributed by atoms with van der Waals surface area (Å²) in [5, 5.41) is 3.64. The van der Waals surface area contributed by atoms with Crippen molar-refractivity contribution in [1.29, 1.82) is 0 Å². The monoisotopic (exact) mass is 338 g/mol. The molecule has 0 fully saturated rings. The Morgan fingerprint density at radius 1 is 1.08 bits per heavy atom. The highest BCUT2D eigenvalue weighted by molar-refractivity contribution is 6.30. The summed E-state index contributed by atoms with van der Waals surface area (Å²) in [6.45, 7) is 0. The average molecular weight is 339 g/mol. The lowest BCUT2D eigenvalue weighted by Crippen LogP contribution is -2.18. The van der Waals surface area contributed by atoms with Crippen molar-refractivity contribution in [3.8, 4) is 5.95 Å². The Kier molecular flexibility index (Phi) is 3.47. The van der Waals surface area contributed by atoms with E-state index in [4.69, 9.17) is 11.6 Å². The van der Waals surface area contributed by atoms with Gasteiger partial charge < -0.3 is 10.3 Å². The number of aromatic amines is 1. The normalized spacial score (nSPS) is 10.9. The number of aromatic nitrogens is 5. The fraction of sp³-hybridized carbons (Fsp3) is 0. The highest BCUT2D eigenvalue weighted by Gasteiger charge is 2.11. The molecule has 8 heteroatoms. The average Bonchev–Trinajstić information content (AvgIpc) is 2.91. The molecule has 2 aromatic heterocycles. The number of hydrogen-bond acceptors (Lipinski definition) is 5. The first-order chi connectivity index (χ1) is 11.7. The minimum Gasteiger partial charge on any atom is -0.324 e. The molecular formula is C16H11ClN6O. The van der Waals surface area contributed by atoms with E-state index >= 15 is 0 Å². The maximum Gasteiger partial charge on any atom is 0.333 e. The van der Waals surface area contributed by atoms with Crippen molar-refractivity contribution in [2.75, 3.05) is 5.32 Å². The molecule has 7 nitrogen and oxygen atoms in total. The van der Waals surface area contributed by atoms with E-state index in [1.54, 1.807) is 12.1 Å². The van der Waals surface area contributed by atoms with Crippen molar-refractivity contribution in [3.63, 3.8) is 0 Å². The standard InChI is InChI=1S/C16H11ClN6O/c17-10-4-3-5-11(8-10)20-14-18-9-19-15(22-14)23-13-7-2-1-6-12(13)21-16(23)24/h1-9H,(H,21,24)(H,18,19,20,22). The first-order valence-corrected chi connectivity index (χ1v) is 7.50. The summed E-state index contributed by atoms with van der Waals surface area (Å²) in [7, 11) is 0. The van der Waals surface area contributed by atoms with Crippen LogP contribution in [-0.4, -0.2) is 24.5 Å². The summed E-state index contributed by atoms with van der Waals surface area (Å²) in [5.41, 5.74) is 1.84. The number of fused-ring (bicyclic) bond motifs is 1. The van der Waals surface area contributed by atoms with E-state index in [0.29, 0.717) is 22.0 Å². The Morgan fingerprint density at radius 3 is 2.83 bits per heavy atom. The van der Waals surface area contributed by atoms with Gasteiger partial charge in [0.05, 0.1) is 11.0 Å². The van der Waals surface area contributed by atoms with Gasteiger partial charge in [0.1, 0.15) is 6.33 Å². The van der Waals surface area contributed by atoms with E-state index in [1.165, 1.54) is 10.9 Å². The van der Waals surface area contributed by atoms with Crippen molar-refractivity contribution in [3.05, 3.63) is 70.4 Å². The largest absolute Gasteiger partial charge is 0.333 e. The van der Waals surface area contributed by atoms with Crippen LogP contribution in [-0.2, 0) is 0 Å². The van der Waals surface area contributed by atoms with Gasteiger partial charge in [-0.15, -0.1) is 0 Å². The fourth-order valence-corrected chi connectivity index (χ4v) is 2.59. The molecule has 0 bridgehead atoms. The molecule has 4 aromatic rings. The zero-order valence-corrected chi connectivity index (χ0v) is 13.0. The first-order valence-electron chi connectivity index (χ1n) is 7.12. The van der Waals surface area contributed by atoms with Crippen molar-refractivity contribution in [2.45, 2.75) is 0 Å². The molecule has 0 aliphatic heterocycles. The summed E-state index contributed by atoms with van der Waals surface area (Å²) < 4.78 is 1.40. The Labute approximate surface area is 141 Å². The maximum atomic E-state index is 12.2. The van der Waals surface area contributed by atoms with Gasteiger partial charge in [0.15, 0.2) is 0 Å². The first kappa shape index (κ1) is 14.4. The Balaban J connectivity index is 1.77. The molecule has 0 saturated carbocycles. The van der Waals surface area contributed by atoms with E-state index in [0.717, 1.165) is 5.69 Å². The van der Waals surface area contributed by atoms with Gasteiger partial charge in [0.2, 0.25) is 11.9 Å². The third kappa shape index (κ3) is 2.61. The highest BCUT2D eigenvalue weighted by atomic mass is 35.5. The van der Waals surface area contributed by atoms with E-state index in [-0.39, 0.29) is 11.6 Å². The molecule has 24 heavy (non-hydrogen) atoms. The van der Waals surface area contributed by atoms with Gasteiger partial charge in [-0.2, -0.15) is 4.98 Å². The highest BCUT2D eigenvalue weighted by Crippen LogP contribution is 2.18. The lowest BCUT2D eigenvalue weighted by molar-refractivity contribution is 0.886. The van der Waals surface area contributed by atoms with Gasteiger partial charge in [0.25, 0.3) is 0 Å². The van der Waals surface area contributed by atoms with Crippen LogP contribution in [0.4, 0.5) is 11.6 Å². The third-order valence-electron chi connectivity index (χ3n) is 3.43. The Hall–Kier alpha value is -3.19. The summed E-state index contributed by atoms with van der Waals surface area (Å²) in [5.74, 6) is 0.552. The molecule has 0 unspecified atom stereocenters. The second-order valence-corrected chi connectivity index (χ2v) is 5.46. The maximum absolute atomic E-state index is 12.2. The minimum absolute atomic E-state index is 0.233. The number of hydrogen-bond donors (Lipinski definition) is 2. The van der Waals surface area contributed by atoms with Crippen molar-refractivity contribution in [1.82, 2.24) is 24.5 Å². The topological polar surface area (TPSA) is 88.5 Å². The van der Waals surface area contributed by atoms with Crippen LogP contribution in [0.2, 0.25) is 5.02 Å². The molecule has 0 radical (unpaired) electrons. The Bertz CT molecular complexity index is 1090. The molecule has 2 aromatic carbocycles. The van der Waals surface area contributed by atoms with Gasteiger partial charge >= 0.3 is 5.69 Å². The van der Waals surface area contributed by atoms with Crippen molar-refractivity contribution >= 4 is 34.3 Å². The zero-order chi connectivity index (χ0) is 16.5. The minimum atomic E-state index is -0.309. The fourth-order valence-electron chi connectivity index (χ4n) is 2.40. The van der Waals surface area contributed by atoms with Gasteiger partial charge in [-0.3, -0.25) is 0 Å². The molecule has 0 amide bonds. The summed E-state index contributed by atoms with van der Waals surface area (Å²) in [4.78, 5) is 27.5. The quantitative estimate of drug-likeness (QED) is 0.599. The number of rotatable bonds is 3. The summed E-state index contributed by atoms with van der Waals surface area (Å²) in [6.07, 6.45) is 1.35. The Morgan fingerprint density at radius 2 is 1.96 bits per heavy atom. The zero-order valence-electron chi connectivity index (χ0n) is 12.3. The van der Waals surface area contributed by atoms with Crippen LogP contribution in [0.5, 0.6) is 0 Å². The molecule has 0 spiro atoms. The van der Waals surface area contributed by atoms with Crippen LogP contribution in [0.15, 0.2) is 59.7 Å². The van der Waals surface area contributed by atoms with Gasteiger partial charge in [-0.25, -0.2) is 19.3 Å². The number of nitrogens with one attached hydrogen (secondary N) is 2. The number of imidazole rings is 1. The second-order valence-electron chi connectivity index (χ2n) is 5.03. The molecule has 2 heterocycles. The number of anilines is 2. The molecule has 0 aliphatic carbocycles. The van der Waals surface area contributed by atoms with Crippen LogP contribution < -0.4 is 11.0 Å². The van der Waals surface area contributed by atoms with Crippen molar-refractivity contribution in [2.24, 2.45) is 0 Å². The van der Waals surface area contributed by atoms with Gasteiger partial charge in [-0.05, 0) is 30.3 Å². The van der Waals surface area contributed by atoms with Crippen LogP contribution >= 0.6 is 11.6 Å². The summed E-state index contributed by atoms with van der Waals surface area (Å²) in [6, 6.07) is 14.5. The van der Waals surface area contributed by atoms with E-state index in [2.05, 4.69) is 25.3 Å². The molecule has 0 saturated heterocycles. The van der Waals surface area contributed by atoms with E-state index < -0.39 is 0 Å². The van der Waals surface area contributed by atoms with Gasteiger partial charge in [0, 0.05) is 10.7 Å². The van der Waals surface area contributed by atoms with Crippen LogP contribution in [0.3, 0.4) is 0 Å². The number of nitrogens with zero attached hydrogens (tertiary/aromatic N) is 4. The molecule has 4 rings (SSSR count). The number of halogens is 1. The number of para-hydroxylation sites is 2. The summed E-state index contributed by atoms with van der Waals surface area (Å²) >= 11 is 5.97. The number of benzene rings is 2. The molecule has 0 aliphatic rings. The lowest BCUT2D eigenvalue weighted by Gasteiger charge is -2.06. The lowest BCUT2D eigenvalue weighted by atomic mass is 10.3. The molecule has 118 valence electrons. The predicted octanol–water partition coefficient (Wildman–Crippen LogP) is 2.90. The second kappa shape index (κ2) is 5.78.